The molecule has 1 aliphatic heterocycles. The van der Waals surface area contributed by atoms with Crippen molar-refractivity contribution in [3.63, 3.8) is 0 Å². The summed E-state index contributed by atoms with van der Waals surface area (Å²) < 4.78 is 31.5. The van der Waals surface area contributed by atoms with Gasteiger partial charge in [0.2, 0.25) is 15.9 Å². The molecule has 1 saturated heterocycles. The minimum absolute atomic E-state index is 0.147. The van der Waals surface area contributed by atoms with Gasteiger partial charge in [0, 0.05) is 25.2 Å². The van der Waals surface area contributed by atoms with E-state index in [0.717, 1.165) is 0 Å². The molecule has 0 saturated carbocycles. The Morgan fingerprint density at radius 1 is 1.41 bits per heavy atom. The minimum atomic E-state index is -3.70. The summed E-state index contributed by atoms with van der Waals surface area (Å²) in [5, 5.41) is 3.16. The van der Waals surface area contributed by atoms with E-state index in [2.05, 4.69) is 5.32 Å². The van der Waals surface area contributed by atoms with Crippen molar-refractivity contribution in [2.45, 2.75) is 23.8 Å². The van der Waals surface area contributed by atoms with Crippen molar-refractivity contribution in [1.29, 1.82) is 0 Å². The van der Waals surface area contributed by atoms with E-state index in [1.54, 1.807) is 7.11 Å². The molecule has 1 aromatic rings. The van der Waals surface area contributed by atoms with Gasteiger partial charge < -0.3 is 10.1 Å². The van der Waals surface area contributed by atoms with E-state index in [9.17, 15) is 13.2 Å². The van der Waals surface area contributed by atoms with Crippen LogP contribution in [0.5, 0.6) is 0 Å². The van der Waals surface area contributed by atoms with Gasteiger partial charge >= 0.3 is 0 Å². The predicted molar refractivity (Wildman–Crippen MR) is 83.3 cm³/mol. The van der Waals surface area contributed by atoms with Crippen molar-refractivity contribution in [2.24, 2.45) is 0 Å². The molecule has 1 unspecified atom stereocenters. The minimum Gasteiger partial charge on any atom is -0.383 e. The number of sulfonamides is 1. The van der Waals surface area contributed by atoms with E-state index in [1.807, 2.05) is 0 Å². The fourth-order valence-electron chi connectivity index (χ4n) is 2.43. The summed E-state index contributed by atoms with van der Waals surface area (Å²) in [4.78, 5) is 12.3. The lowest BCUT2D eigenvalue weighted by atomic mass is 10.2. The Bertz CT molecular complexity index is 618. The number of carbonyl (C=O) groups excluding carboxylic acids is 1. The summed E-state index contributed by atoms with van der Waals surface area (Å²) >= 11 is 5.79. The Morgan fingerprint density at radius 3 is 2.73 bits per heavy atom. The van der Waals surface area contributed by atoms with Crippen LogP contribution in [0.2, 0.25) is 5.02 Å². The second-order valence-electron chi connectivity index (χ2n) is 5.01. The van der Waals surface area contributed by atoms with Gasteiger partial charge in [0.1, 0.15) is 6.04 Å². The third kappa shape index (κ3) is 3.78. The topological polar surface area (TPSA) is 75.7 Å². The van der Waals surface area contributed by atoms with Crippen molar-refractivity contribution in [3.05, 3.63) is 29.3 Å². The van der Waals surface area contributed by atoms with Gasteiger partial charge in [-0.25, -0.2) is 8.42 Å². The molecule has 0 spiro atoms. The van der Waals surface area contributed by atoms with Crippen LogP contribution in [-0.4, -0.2) is 51.5 Å². The van der Waals surface area contributed by atoms with Gasteiger partial charge in [0.25, 0.3) is 0 Å². The lowest BCUT2D eigenvalue weighted by molar-refractivity contribution is -0.124. The normalized spacial score (nSPS) is 19.3. The van der Waals surface area contributed by atoms with Gasteiger partial charge in [-0.15, -0.1) is 0 Å². The summed E-state index contributed by atoms with van der Waals surface area (Å²) in [7, 11) is -2.16. The van der Waals surface area contributed by atoms with Crippen LogP contribution in [0.4, 0.5) is 0 Å². The zero-order chi connectivity index (χ0) is 16.2. The number of rotatable bonds is 6. The van der Waals surface area contributed by atoms with Crippen LogP contribution in [0, 0.1) is 0 Å². The summed E-state index contributed by atoms with van der Waals surface area (Å²) in [5.41, 5.74) is 0. The molecule has 1 aliphatic rings. The van der Waals surface area contributed by atoms with E-state index < -0.39 is 16.1 Å². The smallest absolute Gasteiger partial charge is 0.243 e. The molecule has 2 rings (SSSR count). The fourth-order valence-corrected chi connectivity index (χ4v) is 4.21. The number of hydrogen-bond acceptors (Lipinski definition) is 4. The molecule has 0 aliphatic carbocycles. The molecule has 1 aromatic carbocycles. The van der Waals surface area contributed by atoms with Crippen molar-refractivity contribution >= 4 is 27.5 Å². The molecule has 0 bridgehead atoms. The first-order chi connectivity index (χ1) is 10.5. The van der Waals surface area contributed by atoms with Gasteiger partial charge in [-0.3, -0.25) is 4.79 Å². The first-order valence-electron chi connectivity index (χ1n) is 7.01. The van der Waals surface area contributed by atoms with Crippen molar-refractivity contribution in [2.75, 3.05) is 26.8 Å². The quantitative estimate of drug-likeness (QED) is 0.787. The van der Waals surface area contributed by atoms with Crippen LogP contribution < -0.4 is 5.32 Å². The number of amides is 1. The summed E-state index contributed by atoms with van der Waals surface area (Å²) in [6.07, 6.45) is 1.18. The van der Waals surface area contributed by atoms with Gasteiger partial charge in [-0.05, 0) is 37.1 Å². The Morgan fingerprint density at radius 2 is 2.09 bits per heavy atom. The molecule has 8 heteroatoms. The van der Waals surface area contributed by atoms with Crippen molar-refractivity contribution in [3.8, 4) is 0 Å². The lowest BCUT2D eigenvalue weighted by Crippen LogP contribution is -2.46. The molecule has 1 amide bonds. The third-order valence-corrected chi connectivity index (χ3v) is 5.71. The zero-order valence-corrected chi connectivity index (χ0v) is 13.9. The number of carbonyl (C=O) groups is 1. The fraction of sp³-hybridized carbons (Fsp3) is 0.500. The number of halogens is 1. The average molecular weight is 347 g/mol. The monoisotopic (exact) mass is 346 g/mol. The first-order valence-corrected chi connectivity index (χ1v) is 8.82. The van der Waals surface area contributed by atoms with Crippen molar-refractivity contribution in [1.82, 2.24) is 9.62 Å². The highest BCUT2D eigenvalue weighted by Gasteiger charge is 2.39. The zero-order valence-electron chi connectivity index (χ0n) is 12.3. The molecule has 22 heavy (non-hydrogen) atoms. The van der Waals surface area contributed by atoms with Crippen LogP contribution in [0.3, 0.4) is 0 Å². The Balaban J connectivity index is 2.15. The van der Waals surface area contributed by atoms with Gasteiger partial charge in [0.15, 0.2) is 0 Å². The number of methoxy groups -OCH3 is 1. The molecule has 1 atom stereocenters. The largest absolute Gasteiger partial charge is 0.383 e. The molecular formula is C14H19ClN2O4S. The highest BCUT2D eigenvalue weighted by molar-refractivity contribution is 7.89. The Hall–Kier alpha value is -1.15. The van der Waals surface area contributed by atoms with Crippen molar-refractivity contribution < 1.29 is 17.9 Å². The molecule has 1 N–H and O–H groups in total. The van der Waals surface area contributed by atoms with Gasteiger partial charge in [-0.2, -0.15) is 4.31 Å². The van der Waals surface area contributed by atoms with E-state index in [4.69, 9.17) is 16.3 Å². The van der Waals surface area contributed by atoms with E-state index in [1.165, 1.54) is 28.6 Å². The summed E-state index contributed by atoms with van der Waals surface area (Å²) in [6, 6.07) is 5.29. The van der Waals surface area contributed by atoms with Crippen LogP contribution in [0.25, 0.3) is 0 Å². The molecule has 122 valence electrons. The number of benzene rings is 1. The number of nitrogens with zero attached hydrogens (tertiary/aromatic N) is 1. The van der Waals surface area contributed by atoms with Crippen LogP contribution in [0.1, 0.15) is 12.8 Å². The second kappa shape index (κ2) is 7.41. The molecule has 1 heterocycles. The lowest BCUT2D eigenvalue weighted by Gasteiger charge is -2.23. The Kier molecular flexibility index (Phi) is 5.80. The van der Waals surface area contributed by atoms with E-state index in [0.29, 0.717) is 37.6 Å². The van der Waals surface area contributed by atoms with E-state index in [-0.39, 0.29) is 10.8 Å². The maximum absolute atomic E-state index is 12.7. The van der Waals surface area contributed by atoms with Gasteiger partial charge in [0.05, 0.1) is 11.5 Å². The predicted octanol–water partition coefficient (Wildman–Crippen LogP) is 1.26. The summed E-state index contributed by atoms with van der Waals surface area (Å²) in [6.45, 7) is 1.09. The third-order valence-electron chi connectivity index (χ3n) is 3.53. The highest BCUT2D eigenvalue weighted by Crippen LogP contribution is 2.26. The average Bonchev–Trinajstić information content (AvgIpc) is 2.98. The second-order valence-corrected chi connectivity index (χ2v) is 7.34. The van der Waals surface area contributed by atoms with E-state index >= 15 is 0 Å². The maximum atomic E-state index is 12.7. The number of ether oxygens (including phenoxy) is 1. The molecule has 1 fully saturated rings. The standard InChI is InChI=1S/C14H19ClN2O4S/c1-21-10-8-16-14(18)13-3-2-9-17(13)22(19,20)12-6-4-11(15)5-7-12/h4-7,13H,2-3,8-10H2,1H3,(H,16,18). The number of hydrogen-bond donors (Lipinski definition) is 1. The SMILES string of the molecule is COCCNC(=O)C1CCCN1S(=O)(=O)c1ccc(Cl)cc1. The number of nitrogens with one attached hydrogen (secondary N) is 1. The molecule has 6 nitrogen and oxygen atoms in total. The molecule has 0 radical (unpaired) electrons. The molecule has 0 aromatic heterocycles. The Labute approximate surface area is 135 Å². The van der Waals surface area contributed by atoms with Gasteiger partial charge in [-0.1, -0.05) is 11.6 Å². The first kappa shape index (κ1) is 17.2. The summed E-state index contributed by atoms with van der Waals surface area (Å²) in [5.74, 6) is -0.285. The van der Waals surface area contributed by atoms with Crippen LogP contribution >= 0.6 is 11.6 Å². The van der Waals surface area contributed by atoms with Crippen LogP contribution in [0.15, 0.2) is 29.2 Å². The highest BCUT2D eigenvalue weighted by atomic mass is 35.5. The molecular weight excluding hydrogens is 328 g/mol. The van der Waals surface area contributed by atoms with Crippen LogP contribution in [-0.2, 0) is 19.6 Å². The maximum Gasteiger partial charge on any atom is 0.243 e.